The number of rotatable bonds is 4. The van der Waals surface area contributed by atoms with Crippen LogP contribution in [0.5, 0.6) is 23.0 Å². The van der Waals surface area contributed by atoms with Gasteiger partial charge in [-0.3, -0.25) is 0 Å². The van der Waals surface area contributed by atoms with Gasteiger partial charge in [0.05, 0.1) is 50.7 Å². The van der Waals surface area contributed by atoms with E-state index in [4.69, 9.17) is 37.9 Å². The van der Waals surface area contributed by atoms with Gasteiger partial charge in [-0.15, -0.1) is 0 Å². The molecule has 4 aliphatic heterocycles. The average molecular weight is 1010 g/mol. The average Bonchev–Trinajstić information content (AvgIpc) is 3.54. The molecule has 76 heavy (non-hydrogen) atoms. The number of ether oxygens (including phenoxy) is 8. The summed E-state index contributed by atoms with van der Waals surface area (Å²) in [5.41, 5.74) is 9.42. The molecule has 0 aromatic heterocycles. The summed E-state index contributed by atoms with van der Waals surface area (Å²) in [6.45, 7) is 0.402. The van der Waals surface area contributed by atoms with Crippen molar-refractivity contribution in [1.29, 1.82) is 0 Å². The fraction of sp³-hybridized carbons (Fsp3) is 0.125. The van der Waals surface area contributed by atoms with E-state index in [1.54, 1.807) is 0 Å². The van der Waals surface area contributed by atoms with Crippen molar-refractivity contribution < 1.29 is 57.1 Å². The van der Waals surface area contributed by atoms with E-state index in [1.165, 1.54) is 28.4 Å². The minimum absolute atomic E-state index is 0.101. The van der Waals surface area contributed by atoms with E-state index in [2.05, 4.69) is 0 Å². The molecule has 4 aliphatic rings. The topological polar surface area (TPSA) is 142 Å². The highest BCUT2D eigenvalue weighted by Crippen LogP contribution is 2.55. The lowest BCUT2D eigenvalue weighted by Crippen LogP contribution is -2.23. The van der Waals surface area contributed by atoms with Gasteiger partial charge >= 0.3 is 23.9 Å². The molecule has 0 fully saturated rings. The highest BCUT2D eigenvalue weighted by Gasteiger charge is 2.41. The third kappa shape index (κ3) is 6.83. The van der Waals surface area contributed by atoms with Gasteiger partial charge in [0.2, 0.25) is 0 Å². The Morgan fingerprint density at radius 1 is 0.289 bits per heavy atom. The summed E-state index contributed by atoms with van der Waals surface area (Å²) < 4.78 is 46.3. The molecule has 0 radical (unpaired) electrons. The molecular weight excluding hydrogens is 961 g/mol. The van der Waals surface area contributed by atoms with E-state index in [0.29, 0.717) is 89.8 Å². The van der Waals surface area contributed by atoms with Gasteiger partial charge in [0.15, 0.2) is 0 Å². The first-order valence-electron chi connectivity index (χ1n) is 24.6. The number of hydrogen-bond donors (Lipinski definition) is 0. The number of carbonyl (C=O) groups is 4. The Labute approximate surface area is 434 Å². The molecule has 12 nitrogen and oxygen atoms in total. The van der Waals surface area contributed by atoms with Crippen molar-refractivity contribution in [3.05, 3.63) is 190 Å². The quantitative estimate of drug-likeness (QED) is 0.122. The molecule has 10 aromatic rings. The van der Waals surface area contributed by atoms with Crippen molar-refractivity contribution in [3.8, 4) is 67.5 Å². The zero-order chi connectivity index (χ0) is 51.9. The van der Waals surface area contributed by atoms with Gasteiger partial charge in [-0.1, -0.05) is 121 Å². The van der Waals surface area contributed by atoms with Crippen molar-refractivity contribution in [3.63, 3.8) is 0 Å². The molecule has 372 valence electrons. The summed E-state index contributed by atoms with van der Waals surface area (Å²) in [6.07, 6.45) is 0. The second-order valence-electron chi connectivity index (χ2n) is 18.7. The van der Waals surface area contributed by atoms with E-state index < -0.39 is 23.9 Å². The fourth-order valence-electron chi connectivity index (χ4n) is 11.8. The summed E-state index contributed by atoms with van der Waals surface area (Å²) in [7, 11) is 5.47. The normalized spacial score (nSPS) is 12.9. The van der Waals surface area contributed by atoms with Crippen molar-refractivity contribution in [2.24, 2.45) is 0 Å². The fourth-order valence-corrected chi connectivity index (χ4v) is 11.8. The molecule has 0 spiro atoms. The van der Waals surface area contributed by atoms with Gasteiger partial charge in [-0.05, 0) is 67.4 Å². The summed E-state index contributed by atoms with van der Waals surface area (Å²) >= 11 is 0. The second-order valence-corrected chi connectivity index (χ2v) is 18.7. The predicted octanol–water partition coefficient (Wildman–Crippen LogP) is 13.4. The van der Waals surface area contributed by atoms with E-state index in [1.807, 2.05) is 146 Å². The summed E-state index contributed by atoms with van der Waals surface area (Å²) in [5, 5.41) is 7.60. The zero-order valence-corrected chi connectivity index (χ0v) is 41.6. The van der Waals surface area contributed by atoms with Gasteiger partial charge in [0.25, 0.3) is 0 Å². The predicted molar refractivity (Wildman–Crippen MR) is 287 cm³/mol. The number of methoxy groups -OCH3 is 4. The SMILES string of the molecule is COC(=O)c1c2c(c(C(=O)OC)c3c1-c1c(ccc4ccccc14)OC3)-c1c(ccc3ccccc13)OC2.COC(=O)c1c2c(c(C(=O)OC)c3c1-c1c(ccc4ccccc14)OC3)-c1c(ccc3ccccc13)OC2. The zero-order valence-electron chi connectivity index (χ0n) is 41.6. The lowest BCUT2D eigenvalue weighted by Gasteiger charge is -2.32. The monoisotopic (exact) mass is 1000 g/mol. The summed E-state index contributed by atoms with van der Waals surface area (Å²) in [4.78, 5) is 54.4. The molecule has 0 unspecified atom stereocenters. The van der Waals surface area contributed by atoms with Gasteiger partial charge < -0.3 is 37.9 Å². The minimum atomic E-state index is -0.498. The lowest BCUT2D eigenvalue weighted by molar-refractivity contribution is 0.0582. The molecule has 14 rings (SSSR count). The van der Waals surface area contributed by atoms with Gasteiger partial charge in [0, 0.05) is 66.8 Å². The molecule has 12 heteroatoms. The van der Waals surface area contributed by atoms with Crippen molar-refractivity contribution in [2.75, 3.05) is 28.4 Å². The van der Waals surface area contributed by atoms with Crippen molar-refractivity contribution >= 4 is 67.0 Å². The van der Waals surface area contributed by atoms with E-state index in [-0.39, 0.29) is 26.4 Å². The van der Waals surface area contributed by atoms with Gasteiger partial charge in [-0.2, -0.15) is 0 Å². The number of hydrogen-bond acceptors (Lipinski definition) is 12. The van der Waals surface area contributed by atoms with Crippen LogP contribution in [0.3, 0.4) is 0 Å². The van der Waals surface area contributed by atoms with Crippen LogP contribution in [0.15, 0.2) is 146 Å². The Morgan fingerprint density at radius 3 is 0.711 bits per heavy atom. The van der Waals surface area contributed by atoms with Crippen LogP contribution in [0.25, 0.3) is 87.6 Å². The highest BCUT2D eigenvalue weighted by atomic mass is 16.5. The molecule has 0 bridgehead atoms. The number of benzene rings is 10. The standard InChI is InChI=1S/2C32H22O6/c2*1-35-31(33)29-21-15-37-24-14-12-18-8-4-6-10-20(18)26(24)28(21)30(32(34)36-2)22-16-38-23-13-11-17-7-3-5-9-19(17)25(23)27(22)29/h2*3-14H,15-16H2,1-2H3. The third-order valence-electron chi connectivity index (χ3n) is 15.0. The van der Waals surface area contributed by atoms with E-state index in [9.17, 15) is 19.2 Å². The van der Waals surface area contributed by atoms with E-state index >= 15 is 0 Å². The maximum Gasteiger partial charge on any atom is 0.338 e. The largest absolute Gasteiger partial charge is 0.488 e. The summed E-state index contributed by atoms with van der Waals surface area (Å²) in [6, 6.07) is 47.2. The first-order valence-corrected chi connectivity index (χ1v) is 24.6. The van der Waals surface area contributed by atoms with Crippen LogP contribution in [0.2, 0.25) is 0 Å². The Balaban J connectivity index is 0.000000146. The third-order valence-corrected chi connectivity index (χ3v) is 15.0. The maximum atomic E-state index is 13.6. The Morgan fingerprint density at radius 2 is 0.500 bits per heavy atom. The smallest absolute Gasteiger partial charge is 0.338 e. The van der Waals surface area contributed by atoms with Crippen LogP contribution in [0, 0.1) is 0 Å². The molecule has 0 atom stereocenters. The minimum Gasteiger partial charge on any atom is -0.488 e. The van der Waals surface area contributed by atoms with Crippen LogP contribution in [0.1, 0.15) is 63.7 Å². The maximum absolute atomic E-state index is 13.6. The number of fused-ring (bicyclic) bond motifs is 20. The second kappa shape index (κ2) is 18.1. The molecule has 4 heterocycles. The molecule has 0 saturated carbocycles. The first-order chi connectivity index (χ1) is 37.2. The van der Waals surface area contributed by atoms with Crippen LogP contribution in [-0.4, -0.2) is 52.3 Å². The lowest BCUT2D eigenvalue weighted by atomic mass is 9.78. The molecule has 10 aromatic carbocycles. The number of carbonyl (C=O) groups excluding carboxylic acids is 4. The Kier molecular flexibility index (Phi) is 11.0. The van der Waals surface area contributed by atoms with Gasteiger partial charge in [-0.25, -0.2) is 19.2 Å². The van der Waals surface area contributed by atoms with Crippen LogP contribution in [-0.2, 0) is 45.4 Å². The molecule has 0 N–H and O–H groups in total. The molecular formula is C64H44O12. The number of esters is 4. The first kappa shape index (κ1) is 46.1. The van der Waals surface area contributed by atoms with Crippen molar-refractivity contribution in [1.82, 2.24) is 0 Å². The summed E-state index contributed by atoms with van der Waals surface area (Å²) in [5.74, 6) is 0.562. The molecule has 0 amide bonds. The molecule has 0 saturated heterocycles. The van der Waals surface area contributed by atoms with Crippen molar-refractivity contribution in [2.45, 2.75) is 26.4 Å². The molecule has 0 aliphatic carbocycles. The van der Waals surface area contributed by atoms with Gasteiger partial charge in [0.1, 0.15) is 49.4 Å². The van der Waals surface area contributed by atoms with E-state index in [0.717, 1.165) is 65.3 Å². The Bertz CT molecular complexity index is 3670. The Hall–Kier alpha value is -9.68. The van der Waals surface area contributed by atoms with Crippen LogP contribution >= 0.6 is 0 Å². The van der Waals surface area contributed by atoms with Crippen LogP contribution in [0.4, 0.5) is 0 Å². The highest BCUT2D eigenvalue weighted by molar-refractivity contribution is 6.18. The van der Waals surface area contributed by atoms with Crippen LogP contribution < -0.4 is 18.9 Å².